The fourth-order valence-corrected chi connectivity index (χ4v) is 2.98. The summed E-state index contributed by atoms with van der Waals surface area (Å²) in [5.74, 6) is 0. The lowest BCUT2D eigenvalue weighted by Gasteiger charge is -2.17. The number of likely N-dealkylation sites (N-methyl/N-ethyl adjacent to an activating group) is 1. The lowest BCUT2D eigenvalue weighted by Crippen LogP contribution is -2.19. The van der Waals surface area contributed by atoms with Gasteiger partial charge in [-0.15, -0.1) is 11.3 Å². The molecule has 0 spiro atoms. The van der Waals surface area contributed by atoms with E-state index in [0.717, 1.165) is 5.01 Å². The molecule has 1 atom stereocenters. The Bertz CT molecular complexity index is 368. The molecule has 0 fully saturated rings. The number of rotatable bonds is 3. The van der Waals surface area contributed by atoms with Crippen molar-refractivity contribution in [3.63, 3.8) is 0 Å². The zero-order valence-corrected chi connectivity index (χ0v) is 10.9. The van der Waals surface area contributed by atoms with Crippen molar-refractivity contribution in [1.29, 1.82) is 0 Å². The summed E-state index contributed by atoms with van der Waals surface area (Å²) in [7, 11) is 2.03. The Kier molecular flexibility index (Phi) is 4.13. The first-order valence-corrected chi connectivity index (χ1v) is 6.97. The molecule has 0 aliphatic heterocycles. The Hall–Kier alpha value is -0.670. The van der Waals surface area contributed by atoms with Crippen molar-refractivity contribution in [3.8, 4) is 0 Å². The molecule has 1 aliphatic carbocycles. The van der Waals surface area contributed by atoms with Gasteiger partial charge in [-0.1, -0.05) is 18.1 Å². The van der Waals surface area contributed by atoms with Crippen molar-refractivity contribution < 1.29 is 0 Å². The molecule has 1 heterocycles. The van der Waals surface area contributed by atoms with Crippen molar-refractivity contribution in [2.24, 2.45) is 0 Å². The summed E-state index contributed by atoms with van der Waals surface area (Å²) in [5.41, 5.74) is 2.73. The number of thiazole rings is 1. The molecule has 0 aromatic carbocycles. The van der Waals surface area contributed by atoms with Crippen LogP contribution in [-0.4, -0.2) is 12.0 Å². The summed E-state index contributed by atoms with van der Waals surface area (Å²) in [6, 6.07) is 0.336. The van der Waals surface area contributed by atoms with Gasteiger partial charge in [0.1, 0.15) is 0 Å². The topological polar surface area (TPSA) is 24.9 Å². The van der Waals surface area contributed by atoms with Gasteiger partial charge < -0.3 is 5.32 Å². The Morgan fingerprint density at radius 1 is 1.38 bits per heavy atom. The van der Waals surface area contributed by atoms with E-state index in [1.54, 1.807) is 11.3 Å². The summed E-state index contributed by atoms with van der Waals surface area (Å²) in [6.45, 7) is 2.07. The van der Waals surface area contributed by atoms with Gasteiger partial charge in [-0.05, 0) is 39.7 Å². The van der Waals surface area contributed by atoms with Crippen LogP contribution in [0.3, 0.4) is 0 Å². The summed E-state index contributed by atoms with van der Waals surface area (Å²) >= 11 is 1.74. The normalized spacial score (nSPS) is 19.0. The van der Waals surface area contributed by atoms with Gasteiger partial charge in [0.15, 0.2) is 0 Å². The predicted molar refractivity (Wildman–Crippen MR) is 69.8 cm³/mol. The van der Waals surface area contributed by atoms with E-state index in [2.05, 4.69) is 28.7 Å². The quantitative estimate of drug-likeness (QED) is 0.811. The van der Waals surface area contributed by atoms with Crippen LogP contribution in [0.25, 0.3) is 0 Å². The molecule has 0 saturated heterocycles. The molecular weight excluding hydrogens is 216 g/mol. The lowest BCUT2D eigenvalue weighted by atomic mass is 10.00. The van der Waals surface area contributed by atoms with Crippen LogP contribution in [0, 0.1) is 6.92 Å². The van der Waals surface area contributed by atoms with E-state index in [-0.39, 0.29) is 0 Å². The number of nitrogens with one attached hydrogen (secondary N) is 1. The molecule has 1 aliphatic rings. The maximum absolute atomic E-state index is 4.60. The number of allylic oxidation sites excluding steroid dienone is 1. The van der Waals surface area contributed by atoms with Gasteiger partial charge in [0, 0.05) is 5.38 Å². The molecule has 1 unspecified atom stereocenters. The molecule has 0 radical (unpaired) electrons. The minimum atomic E-state index is 0.336. The molecular formula is C13H20N2S. The standard InChI is InChI=1S/C13H20N2S/c1-10-15-12(9-16-10)13(14-2)11-7-5-3-4-6-8-11/h7,9,13-14H,3-6,8H2,1-2H3. The minimum absolute atomic E-state index is 0.336. The Balaban J connectivity index is 2.18. The molecule has 1 aromatic heterocycles. The zero-order valence-electron chi connectivity index (χ0n) is 10.1. The van der Waals surface area contributed by atoms with E-state index in [1.807, 2.05) is 7.05 Å². The van der Waals surface area contributed by atoms with E-state index in [0.29, 0.717) is 6.04 Å². The maximum Gasteiger partial charge on any atom is 0.0898 e. The van der Waals surface area contributed by atoms with Crippen LogP contribution in [0.15, 0.2) is 17.0 Å². The van der Waals surface area contributed by atoms with Crippen LogP contribution in [0.4, 0.5) is 0 Å². The summed E-state index contributed by atoms with van der Waals surface area (Å²) in [4.78, 5) is 4.60. The molecule has 0 amide bonds. The first kappa shape index (κ1) is 11.8. The van der Waals surface area contributed by atoms with Crippen molar-refractivity contribution in [1.82, 2.24) is 10.3 Å². The van der Waals surface area contributed by atoms with E-state index in [1.165, 1.54) is 43.4 Å². The van der Waals surface area contributed by atoms with Crippen LogP contribution in [-0.2, 0) is 0 Å². The van der Waals surface area contributed by atoms with Gasteiger partial charge in [-0.25, -0.2) is 4.98 Å². The van der Waals surface area contributed by atoms with Crippen LogP contribution >= 0.6 is 11.3 Å². The number of hydrogen-bond donors (Lipinski definition) is 1. The second-order valence-electron chi connectivity index (χ2n) is 4.39. The second-order valence-corrected chi connectivity index (χ2v) is 5.45. The highest BCUT2D eigenvalue weighted by Crippen LogP contribution is 2.29. The van der Waals surface area contributed by atoms with E-state index >= 15 is 0 Å². The van der Waals surface area contributed by atoms with Gasteiger partial charge in [-0.2, -0.15) is 0 Å². The number of aromatic nitrogens is 1. The van der Waals surface area contributed by atoms with Crippen molar-refractivity contribution in [2.75, 3.05) is 7.05 Å². The summed E-state index contributed by atoms with van der Waals surface area (Å²) in [6.07, 6.45) is 8.91. The van der Waals surface area contributed by atoms with E-state index in [9.17, 15) is 0 Å². The highest BCUT2D eigenvalue weighted by molar-refractivity contribution is 7.09. The average Bonchev–Trinajstić information content (AvgIpc) is 2.55. The molecule has 3 heteroatoms. The van der Waals surface area contributed by atoms with E-state index < -0.39 is 0 Å². The highest BCUT2D eigenvalue weighted by Gasteiger charge is 2.17. The predicted octanol–water partition coefficient (Wildman–Crippen LogP) is 3.60. The second kappa shape index (κ2) is 5.60. The van der Waals surface area contributed by atoms with Gasteiger partial charge >= 0.3 is 0 Å². The maximum atomic E-state index is 4.60. The van der Waals surface area contributed by atoms with Crippen molar-refractivity contribution in [3.05, 3.63) is 27.7 Å². The van der Waals surface area contributed by atoms with Crippen LogP contribution in [0.2, 0.25) is 0 Å². The molecule has 1 aromatic rings. The number of aryl methyl sites for hydroxylation is 1. The molecule has 2 rings (SSSR count). The first-order chi connectivity index (χ1) is 7.81. The average molecular weight is 236 g/mol. The van der Waals surface area contributed by atoms with Gasteiger partial charge in [0.25, 0.3) is 0 Å². The molecule has 0 saturated carbocycles. The monoisotopic (exact) mass is 236 g/mol. The third kappa shape index (κ3) is 2.71. The molecule has 0 bridgehead atoms. The summed E-state index contributed by atoms with van der Waals surface area (Å²) in [5, 5.41) is 6.74. The fourth-order valence-electron chi connectivity index (χ4n) is 2.34. The fraction of sp³-hybridized carbons (Fsp3) is 0.615. The molecule has 16 heavy (non-hydrogen) atoms. The van der Waals surface area contributed by atoms with E-state index in [4.69, 9.17) is 0 Å². The number of hydrogen-bond acceptors (Lipinski definition) is 3. The molecule has 88 valence electrons. The third-order valence-electron chi connectivity index (χ3n) is 3.17. The van der Waals surface area contributed by atoms with Crippen LogP contribution < -0.4 is 5.32 Å². The zero-order chi connectivity index (χ0) is 11.4. The van der Waals surface area contributed by atoms with Gasteiger partial charge in [0.2, 0.25) is 0 Å². The molecule has 1 N–H and O–H groups in total. The highest BCUT2D eigenvalue weighted by atomic mass is 32.1. The van der Waals surface area contributed by atoms with Gasteiger partial charge in [0.05, 0.1) is 16.7 Å². The minimum Gasteiger partial charge on any atom is -0.308 e. The van der Waals surface area contributed by atoms with Crippen LogP contribution in [0.1, 0.15) is 48.8 Å². The Labute approximate surface area is 102 Å². The third-order valence-corrected chi connectivity index (χ3v) is 3.96. The number of nitrogens with zero attached hydrogens (tertiary/aromatic N) is 1. The molecule has 2 nitrogen and oxygen atoms in total. The Morgan fingerprint density at radius 2 is 2.25 bits per heavy atom. The van der Waals surface area contributed by atoms with Crippen molar-refractivity contribution in [2.45, 2.75) is 45.1 Å². The van der Waals surface area contributed by atoms with Crippen LogP contribution in [0.5, 0.6) is 0 Å². The smallest absolute Gasteiger partial charge is 0.0898 e. The lowest BCUT2D eigenvalue weighted by molar-refractivity contribution is 0.617. The Morgan fingerprint density at radius 3 is 2.94 bits per heavy atom. The largest absolute Gasteiger partial charge is 0.308 e. The van der Waals surface area contributed by atoms with Crippen molar-refractivity contribution >= 4 is 11.3 Å². The first-order valence-electron chi connectivity index (χ1n) is 6.09. The summed E-state index contributed by atoms with van der Waals surface area (Å²) < 4.78 is 0. The van der Waals surface area contributed by atoms with Gasteiger partial charge in [-0.3, -0.25) is 0 Å². The SMILES string of the molecule is CNC(C1=CCCCCC1)c1csc(C)n1.